The summed E-state index contributed by atoms with van der Waals surface area (Å²) in [5, 5.41) is 2.57. The number of hydroxylamine groups is 1. The van der Waals surface area contributed by atoms with Gasteiger partial charge in [0.15, 0.2) is 0 Å². The molecule has 2 aromatic rings. The highest BCUT2D eigenvalue weighted by Gasteiger charge is 2.26. The summed E-state index contributed by atoms with van der Waals surface area (Å²) in [6.45, 7) is 5.66. The summed E-state index contributed by atoms with van der Waals surface area (Å²) in [5.74, 6) is 0.197. The van der Waals surface area contributed by atoms with Crippen molar-refractivity contribution in [2.45, 2.75) is 32.4 Å². The summed E-state index contributed by atoms with van der Waals surface area (Å²) >= 11 is 0. The van der Waals surface area contributed by atoms with Crippen molar-refractivity contribution < 1.29 is 23.9 Å². The summed E-state index contributed by atoms with van der Waals surface area (Å²) in [6, 6.07) is 17.2. The van der Waals surface area contributed by atoms with Gasteiger partial charge >= 0.3 is 6.09 Å². The van der Waals surface area contributed by atoms with Crippen molar-refractivity contribution in [1.29, 1.82) is 0 Å². The fourth-order valence-corrected chi connectivity index (χ4v) is 2.27. The van der Waals surface area contributed by atoms with E-state index in [1.54, 1.807) is 45.0 Å². The van der Waals surface area contributed by atoms with Crippen LogP contribution in [0.25, 0.3) is 0 Å². The third-order valence-corrected chi connectivity index (χ3v) is 3.43. The zero-order valence-electron chi connectivity index (χ0n) is 16.3. The zero-order valence-corrected chi connectivity index (χ0v) is 16.3. The third-order valence-electron chi connectivity index (χ3n) is 3.43. The van der Waals surface area contributed by atoms with Crippen LogP contribution >= 0.6 is 0 Å². The first-order valence-corrected chi connectivity index (χ1v) is 8.99. The second-order valence-electron chi connectivity index (χ2n) is 6.97. The van der Waals surface area contributed by atoms with E-state index < -0.39 is 23.6 Å². The van der Waals surface area contributed by atoms with Crippen LogP contribution in [0.2, 0.25) is 0 Å². The molecule has 2 aromatic carbocycles. The number of benzene rings is 2. The Hall–Kier alpha value is -3.06. The fraction of sp³-hybridized carbons (Fsp3) is 0.333. The first-order chi connectivity index (χ1) is 13.3. The molecule has 2 amide bonds. The van der Waals surface area contributed by atoms with E-state index in [4.69, 9.17) is 14.3 Å². The molecule has 0 aliphatic rings. The van der Waals surface area contributed by atoms with Gasteiger partial charge in [-0.2, -0.15) is 0 Å². The minimum absolute atomic E-state index is 0.147. The number of alkyl carbamates (subject to hydrolysis) is 1. The van der Waals surface area contributed by atoms with E-state index in [0.29, 0.717) is 11.3 Å². The Bertz CT molecular complexity index is 744. The maximum absolute atomic E-state index is 12.5. The molecule has 1 unspecified atom stereocenters. The molecule has 0 heterocycles. The lowest BCUT2D eigenvalue weighted by Gasteiger charge is -2.23. The standard InChI is InChI=1S/C21H26N2O5/c1-21(2,3)28-20(25)22-18(16-10-6-4-7-11-16)19(24)23-27-15-14-26-17-12-8-5-9-13-17/h4-13,18H,14-15H2,1-3H3,(H,22,25)(H,23,24). The topological polar surface area (TPSA) is 85.9 Å². The van der Waals surface area contributed by atoms with E-state index in [1.165, 1.54) is 0 Å². The third kappa shape index (κ3) is 7.67. The lowest BCUT2D eigenvalue weighted by molar-refractivity contribution is -0.136. The Morgan fingerprint density at radius 2 is 1.54 bits per heavy atom. The molecule has 150 valence electrons. The summed E-state index contributed by atoms with van der Waals surface area (Å²) < 4.78 is 10.7. The van der Waals surface area contributed by atoms with E-state index in [1.807, 2.05) is 36.4 Å². The van der Waals surface area contributed by atoms with Crippen molar-refractivity contribution in [2.75, 3.05) is 13.2 Å². The first kappa shape index (κ1) is 21.2. The summed E-state index contributed by atoms with van der Waals surface area (Å²) in [6.07, 6.45) is -0.691. The molecule has 7 nitrogen and oxygen atoms in total. The number of carbonyl (C=O) groups excluding carboxylic acids is 2. The van der Waals surface area contributed by atoms with Crippen LogP contribution in [-0.4, -0.2) is 30.8 Å². The number of para-hydroxylation sites is 1. The molecule has 0 spiro atoms. The summed E-state index contributed by atoms with van der Waals surface area (Å²) in [4.78, 5) is 29.8. The molecule has 0 fully saturated rings. The van der Waals surface area contributed by atoms with Crippen molar-refractivity contribution in [2.24, 2.45) is 0 Å². The zero-order chi connectivity index (χ0) is 20.4. The molecule has 2 rings (SSSR count). The lowest BCUT2D eigenvalue weighted by Crippen LogP contribution is -2.42. The van der Waals surface area contributed by atoms with Crippen molar-refractivity contribution in [3.63, 3.8) is 0 Å². The summed E-state index contributed by atoms with van der Waals surface area (Å²) in [7, 11) is 0. The average Bonchev–Trinajstić information content (AvgIpc) is 2.66. The Kier molecular flexibility index (Phi) is 7.83. The molecule has 1 atom stereocenters. The van der Waals surface area contributed by atoms with Gasteiger partial charge in [-0.15, -0.1) is 0 Å². The van der Waals surface area contributed by atoms with Crippen LogP contribution in [-0.2, 0) is 14.4 Å². The van der Waals surface area contributed by atoms with E-state index >= 15 is 0 Å². The lowest BCUT2D eigenvalue weighted by atomic mass is 10.1. The molecular formula is C21H26N2O5. The van der Waals surface area contributed by atoms with Crippen LogP contribution in [0, 0.1) is 0 Å². The Morgan fingerprint density at radius 1 is 0.929 bits per heavy atom. The van der Waals surface area contributed by atoms with Crippen molar-refractivity contribution in [3.8, 4) is 5.75 Å². The van der Waals surface area contributed by atoms with Gasteiger partial charge in [0, 0.05) is 0 Å². The maximum atomic E-state index is 12.5. The fourth-order valence-electron chi connectivity index (χ4n) is 2.27. The number of rotatable bonds is 8. The highest BCUT2D eigenvalue weighted by molar-refractivity contribution is 5.86. The van der Waals surface area contributed by atoms with Crippen LogP contribution in [0.1, 0.15) is 32.4 Å². The van der Waals surface area contributed by atoms with Gasteiger partial charge in [0.05, 0.1) is 0 Å². The average molecular weight is 386 g/mol. The van der Waals surface area contributed by atoms with Gasteiger partial charge in [-0.25, -0.2) is 10.3 Å². The van der Waals surface area contributed by atoms with Crippen LogP contribution in [0.3, 0.4) is 0 Å². The van der Waals surface area contributed by atoms with Gasteiger partial charge in [-0.3, -0.25) is 9.63 Å². The molecule has 0 aromatic heterocycles. The van der Waals surface area contributed by atoms with E-state index in [0.717, 1.165) is 0 Å². The van der Waals surface area contributed by atoms with Gasteiger partial charge in [-0.05, 0) is 38.5 Å². The Morgan fingerprint density at radius 3 is 2.14 bits per heavy atom. The first-order valence-electron chi connectivity index (χ1n) is 8.99. The Balaban J connectivity index is 1.87. The molecular weight excluding hydrogens is 360 g/mol. The quantitative estimate of drug-likeness (QED) is 0.537. The number of ether oxygens (including phenoxy) is 2. The summed E-state index contributed by atoms with van der Waals surface area (Å²) in [5.41, 5.74) is 2.28. The number of hydrogen-bond donors (Lipinski definition) is 2. The normalized spacial score (nSPS) is 12.0. The largest absolute Gasteiger partial charge is 0.491 e. The SMILES string of the molecule is CC(C)(C)OC(=O)NC(C(=O)NOCCOc1ccccc1)c1ccccc1. The van der Waals surface area contributed by atoms with Gasteiger partial charge in [0.25, 0.3) is 5.91 Å². The molecule has 0 saturated heterocycles. The molecule has 28 heavy (non-hydrogen) atoms. The second-order valence-corrected chi connectivity index (χ2v) is 6.97. The highest BCUT2D eigenvalue weighted by Crippen LogP contribution is 2.15. The van der Waals surface area contributed by atoms with E-state index in [-0.39, 0.29) is 13.2 Å². The maximum Gasteiger partial charge on any atom is 0.408 e. The minimum Gasteiger partial charge on any atom is -0.491 e. The monoisotopic (exact) mass is 386 g/mol. The predicted molar refractivity (Wildman–Crippen MR) is 105 cm³/mol. The molecule has 0 radical (unpaired) electrons. The van der Waals surface area contributed by atoms with E-state index in [2.05, 4.69) is 10.8 Å². The van der Waals surface area contributed by atoms with Crippen LogP contribution < -0.4 is 15.5 Å². The number of amides is 2. The van der Waals surface area contributed by atoms with Crippen molar-refractivity contribution in [1.82, 2.24) is 10.8 Å². The number of nitrogens with one attached hydrogen (secondary N) is 2. The molecule has 0 aliphatic heterocycles. The molecule has 7 heteroatoms. The molecule has 0 saturated carbocycles. The number of carbonyl (C=O) groups is 2. The minimum atomic E-state index is -0.953. The van der Waals surface area contributed by atoms with Crippen molar-refractivity contribution >= 4 is 12.0 Å². The molecule has 0 aliphatic carbocycles. The predicted octanol–water partition coefficient (Wildman–Crippen LogP) is 3.38. The van der Waals surface area contributed by atoms with Gasteiger partial charge in [0.1, 0.15) is 30.6 Å². The van der Waals surface area contributed by atoms with Gasteiger partial charge in [0.2, 0.25) is 0 Å². The van der Waals surface area contributed by atoms with Gasteiger partial charge in [-0.1, -0.05) is 48.5 Å². The highest BCUT2D eigenvalue weighted by atomic mass is 16.7. The van der Waals surface area contributed by atoms with Crippen molar-refractivity contribution in [3.05, 3.63) is 66.2 Å². The molecule has 2 N–H and O–H groups in total. The molecule has 0 bridgehead atoms. The second kappa shape index (κ2) is 10.3. The van der Waals surface area contributed by atoms with Crippen LogP contribution in [0.15, 0.2) is 60.7 Å². The Labute approximate surface area is 164 Å². The number of hydrogen-bond acceptors (Lipinski definition) is 5. The van der Waals surface area contributed by atoms with E-state index in [9.17, 15) is 9.59 Å². The van der Waals surface area contributed by atoms with Gasteiger partial charge < -0.3 is 14.8 Å². The van der Waals surface area contributed by atoms with Crippen LogP contribution in [0.4, 0.5) is 4.79 Å². The van der Waals surface area contributed by atoms with Crippen LogP contribution in [0.5, 0.6) is 5.75 Å². The smallest absolute Gasteiger partial charge is 0.408 e.